The maximum absolute atomic E-state index is 12.8. The van der Waals surface area contributed by atoms with Gasteiger partial charge in [0.25, 0.3) is 5.91 Å². The zero-order chi connectivity index (χ0) is 21.3. The number of ether oxygens (including phenoxy) is 1. The lowest BCUT2D eigenvalue weighted by Crippen LogP contribution is -2.32. The van der Waals surface area contributed by atoms with Crippen molar-refractivity contribution in [2.24, 2.45) is 0 Å². The molecule has 0 spiro atoms. The molecule has 1 N–H and O–H groups in total. The van der Waals surface area contributed by atoms with E-state index in [4.69, 9.17) is 0 Å². The summed E-state index contributed by atoms with van der Waals surface area (Å²) in [6.07, 6.45) is -1.79. The number of benzene rings is 1. The number of halogens is 3. The minimum Gasteiger partial charge on any atom is -0.406 e. The first kappa shape index (κ1) is 19.3. The molecule has 0 radical (unpaired) electrons. The van der Waals surface area contributed by atoms with Gasteiger partial charge in [-0.25, -0.2) is 9.69 Å². The first-order valence-electron chi connectivity index (χ1n) is 8.46. The first-order chi connectivity index (χ1) is 14.3. The Morgan fingerprint density at radius 1 is 1.13 bits per heavy atom. The van der Waals surface area contributed by atoms with Gasteiger partial charge in [0, 0.05) is 24.5 Å². The molecule has 1 aliphatic heterocycles. The molecule has 3 aromatic rings. The number of hydrogen-bond acceptors (Lipinski definition) is 7. The van der Waals surface area contributed by atoms with E-state index >= 15 is 0 Å². The number of hydrogen-bond donors (Lipinski definition) is 1. The summed E-state index contributed by atoms with van der Waals surface area (Å²) in [5, 5.41) is 13.6. The van der Waals surface area contributed by atoms with E-state index in [9.17, 15) is 22.8 Å². The molecule has 1 aliphatic rings. The molecule has 30 heavy (non-hydrogen) atoms. The maximum atomic E-state index is 12.8. The third kappa shape index (κ3) is 3.90. The Morgan fingerprint density at radius 2 is 1.90 bits per heavy atom. The minimum absolute atomic E-state index is 0.0722. The Bertz CT molecular complexity index is 1070. The fourth-order valence-corrected chi connectivity index (χ4v) is 2.97. The molecule has 0 saturated carbocycles. The number of H-pyrrole nitrogens is 1. The molecule has 3 heterocycles. The van der Waals surface area contributed by atoms with Gasteiger partial charge in [0.05, 0.1) is 5.69 Å². The Kier molecular flexibility index (Phi) is 4.77. The van der Waals surface area contributed by atoms with Crippen molar-refractivity contribution in [2.45, 2.75) is 12.9 Å². The van der Waals surface area contributed by atoms with Crippen LogP contribution in [0, 0.1) is 0 Å². The Balaban J connectivity index is 1.53. The molecular weight excluding hydrogens is 407 g/mol. The van der Waals surface area contributed by atoms with Gasteiger partial charge in [0.1, 0.15) is 12.3 Å². The van der Waals surface area contributed by atoms with Gasteiger partial charge in [-0.05, 0) is 41.1 Å². The standard InChI is InChI=1S/C17H12F3N7O3/c18-17(19,20)30-12-3-1-11(2-4-12)27-14(28)9-26(16(27)29)8-10-5-6-21-7-13(10)15-22-24-25-23-15/h1-7H,8-9H2,(H,22,23,24,25). The summed E-state index contributed by atoms with van der Waals surface area (Å²) < 4.78 is 40.7. The van der Waals surface area contributed by atoms with Crippen LogP contribution in [0.1, 0.15) is 5.56 Å². The smallest absolute Gasteiger partial charge is 0.406 e. The number of carbonyl (C=O) groups excluding carboxylic acids is 2. The number of anilines is 1. The van der Waals surface area contributed by atoms with Gasteiger partial charge in [-0.1, -0.05) is 0 Å². The Hall–Kier alpha value is -4.03. The van der Waals surface area contributed by atoms with Gasteiger partial charge in [0.15, 0.2) is 0 Å². The van der Waals surface area contributed by atoms with E-state index in [2.05, 4.69) is 30.3 Å². The number of rotatable bonds is 5. The largest absolute Gasteiger partial charge is 0.573 e. The summed E-state index contributed by atoms with van der Waals surface area (Å²) in [7, 11) is 0. The third-order valence-electron chi connectivity index (χ3n) is 4.22. The fraction of sp³-hybridized carbons (Fsp3) is 0.176. The van der Waals surface area contributed by atoms with Crippen LogP contribution in [0.5, 0.6) is 5.75 Å². The van der Waals surface area contributed by atoms with Crippen molar-refractivity contribution in [1.29, 1.82) is 0 Å². The summed E-state index contributed by atoms with van der Waals surface area (Å²) in [5.41, 5.74) is 1.32. The molecule has 13 heteroatoms. The van der Waals surface area contributed by atoms with Crippen molar-refractivity contribution in [3.8, 4) is 17.1 Å². The number of amides is 3. The zero-order valence-electron chi connectivity index (χ0n) is 15.0. The van der Waals surface area contributed by atoms with Gasteiger partial charge >= 0.3 is 12.4 Å². The number of alkyl halides is 3. The third-order valence-corrected chi connectivity index (χ3v) is 4.22. The van der Waals surface area contributed by atoms with Crippen LogP contribution in [0.4, 0.5) is 23.7 Å². The van der Waals surface area contributed by atoms with Crippen molar-refractivity contribution >= 4 is 17.6 Å². The second-order valence-electron chi connectivity index (χ2n) is 6.18. The SMILES string of the molecule is O=C1CN(Cc2ccncc2-c2nn[nH]n2)C(=O)N1c1ccc(OC(F)(F)F)cc1. The normalized spacial score (nSPS) is 14.5. The monoisotopic (exact) mass is 419 g/mol. The number of aromatic amines is 1. The van der Waals surface area contributed by atoms with Gasteiger partial charge in [-0.3, -0.25) is 9.78 Å². The van der Waals surface area contributed by atoms with Crippen LogP contribution < -0.4 is 9.64 Å². The number of imide groups is 1. The van der Waals surface area contributed by atoms with Gasteiger partial charge in [-0.15, -0.1) is 23.4 Å². The number of carbonyl (C=O) groups is 2. The molecule has 2 aromatic heterocycles. The fourth-order valence-electron chi connectivity index (χ4n) is 2.97. The molecule has 0 bridgehead atoms. The van der Waals surface area contributed by atoms with Crippen molar-refractivity contribution in [3.05, 3.63) is 48.3 Å². The van der Waals surface area contributed by atoms with E-state index in [1.54, 1.807) is 6.07 Å². The zero-order valence-corrected chi connectivity index (χ0v) is 15.0. The quantitative estimate of drug-likeness (QED) is 0.630. The molecule has 1 aromatic carbocycles. The summed E-state index contributed by atoms with van der Waals surface area (Å²) in [6, 6.07) is 5.53. The summed E-state index contributed by atoms with van der Waals surface area (Å²) in [6.45, 7) is -0.129. The van der Waals surface area contributed by atoms with E-state index in [0.717, 1.165) is 17.0 Å². The molecule has 1 fully saturated rings. The molecule has 4 rings (SSSR count). The lowest BCUT2D eigenvalue weighted by molar-refractivity contribution is -0.274. The number of nitrogens with one attached hydrogen (secondary N) is 1. The van der Waals surface area contributed by atoms with Gasteiger partial charge in [-0.2, -0.15) is 5.21 Å². The molecular formula is C17H12F3N7O3. The number of tetrazole rings is 1. The number of nitrogens with zero attached hydrogens (tertiary/aromatic N) is 6. The van der Waals surface area contributed by atoms with E-state index in [1.165, 1.54) is 29.4 Å². The Morgan fingerprint density at radius 3 is 2.57 bits per heavy atom. The molecule has 3 amide bonds. The second-order valence-corrected chi connectivity index (χ2v) is 6.18. The maximum Gasteiger partial charge on any atom is 0.573 e. The highest BCUT2D eigenvalue weighted by Crippen LogP contribution is 2.28. The number of aromatic nitrogens is 5. The van der Waals surface area contributed by atoms with Crippen molar-refractivity contribution in [1.82, 2.24) is 30.5 Å². The summed E-state index contributed by atoms with van der Waals surface area (Å²) in [4.78, 5) is 31.4. The molecule has 10 nitrogen and oxygen atoms in total. The van der Waals surface area contributed by atoms with Crippen molar-refractivity contribution < 1.29 is 27.5 Å². The summed E-state index contributed by atoms with van der Waals surface area (Å²) in [5.74, 6) is -0.684. The van der Waals surface area contributed by atoms with Crippen LogP contribution in [-0.2, 0) is 11.3 Å². The van der Waals surface area contributed by atoms with Gasteiger partial charge in [0.2, 0.25) is 5.82 Å². The summed E-state index contributed by atoms with van der Waals surface area (Å²) >= 11 is 0. The highest BCUT2D eigenvalue weighted by molar-refractivity contribution is 6.19. The van der Waals surface area contributed by atoms with Crippen LogP contribution in [0.25, 0.3) is 11.4 Å². The molecule has 1 saturated heterocycles. The van der Waals surface area contributed by atoms with E-state index in [0.29, 0.717) is 11.1 Å². The second kappa shape index (κ2) is 7.42. The minimum atomic E-state index is -4.83. The van der Waals surface area contributed by atoms with Crippen LogP contribution in [0.15, 0.2) is 42.7 Å². The molecule has 154 valence electrons. The Labute approximate surface area is 166 Å². The molecule has 0 unspecified atom stereocenters. The van der Waals surface area contributed by atoms with Crippen molar-refractivity contribution in [2.75, 3.05) is 11.4 Å². The first-order valence-corrected chi connectivity index (χ1v) is 8.46. The average Bonchev–Trinajstić information content (AvgIpc) is 3.31. The average molecular weight is 419 g/mol. The van der Waals surface area contributed by atoms with Crippen LogP contribution in [-0.4, -0.2) is 55.4 Å². The van der Waals surface area contributed by atoms with Crippen LogP contribution >= 0.6 is 0 Å². The van der Waals surface area contributed by atoms with E-state index in [-0.39, 0.29) is 24.6 Å². The predicted molar refractivity (Wildman–Crippen MR) is 93.8 cm³/mol. The van der Waals surface area contributed by atoms with E-state index < -0.39 is 24.1 Å². The van der Waals surface area contributed by atoms with Crippen LogP contribution in [0.3, 0.4) is 0 Å². The lowest BCUT2D eigenvalue weighted by Gasteiger charge is -2.18. The highest BCUT2D eigenvalue weighted by atomic mass is 19.4. The lowest BCUT2D eigenvalue weighted by atomic mass is 10.1. The number of urea groups is 1. The number of pyridine rings is 1. The van der Waals surface area contributed by atoms with E-state index in [1.807, 2.05) is 0 Å². The topological polar surface area (TPSA) is 117 Å². The predicted octanol–water partition coefficient (Wildman–Crippen LogP) is 2.13. The van der Waals surface area contributed by atoms with Crippen molar-refractivity contribution in [3.63, 3.8) is 0 Å². The van der Waals surface area contributed by atoms with Crippen LogP contribution in [0.2, 0.25) is 0 Å². The highest BCUT2D eigenvalue weighted by Gasteiger charge is 2.38. The molecule has 0 aliphatic carbocycles. The van der Waals surface area contributed by atoms with Gasteiger partial charge < -0.3 is 9.64 Å². The molecule has 0 atom stereocenters.